The predicted octanol–water partition coefficient (Wildman–Crippen LogP) is 4.48. The van der Waals surface area contributed by atoms with Gasteiger partial charge in [0, 0.05) is 11.8 Å². The molecule has 0 amide bonds. The normalized spacial score (nSPS) is 11.1. The van der Waals surface area contributed by atoms with Gasteiger partial charge in [-0.15, -0.1) is 0 Å². The third kappa shape index (κ3) is 2.55. The smallest absolute Gasteiger partial charge is 0.276 e. The minimum atomic E-state index is 0.367. The van der Waals surface area contributed by atoms with Gasteiger partial charge in [-0.25, -0.2) is 4.98 Å². The molecule has 0 aliphatic carbocycles. The molecule has 4 aromatic rings. The van der Waals surface area contributed by atoms with Crippen molar-refractivity contribution in [3.8, 4) is 28.7 Å². The lowest BCUT2D eigenvalue weighted by molar-refractivity contribution is 0.412. The first kappa shape index (κ1) is 15.2. The Bertz CT molecular complexity index is 1040. The van der Waals surface area contributed by atoms with Gasteiger partial charge in [-0.2, -0.15) is 4.98 Å². The first-order valence-electron chi connectivity index (χ1n) is 6.96. The zero-order valence-electron chi connectivity index (χ0n) is 12.4. The fourth-order valence-corrected chi connectivity index (χ4v) is 3.06. The third-order valence-corrected chi connectivity index (χ3v) is 4.37. The molecule has 0 bridgehead atoms. The number of pyridine rings is 1. The van der Waals surface area contributed by atoms with E-state index >= 15 is 0 Å². The highest BCUT2D eigenvalue weighted by molar-refractivity contribution is 9.10. The van der Waals surface area contributed by atoms with Crippen LogP contribution < -0.4 is 4.74 Å². The summed E-state index contributed by atoms with van der Waals surface area (Å²) in [4.78, 5) is 8.76. The number of nitrogens with zero attached hydrogens (tertiary/aromatic N) is 4. The first-order chi connectivity index (χ1) is 11.7. The van der Waals surface area contributed by atoms with Crippen LogP contribution in [-0.2, 0) is 0 Å². The Morgan fingerprint density at radius 3 is 2.92 bits per heavy atom. The summed E-state index contributed by atoms with van der Waals surface area (Å²) in [7, 11) is 1.61. The highest BCUT2D eigenvalue weighted by atomic mass is 79.9. The van der Waals surface area contributed by atoms with Crippen LogP contribution in [0.1, 0.15) is 0 Å². The molecule has 8 heteroatoms. The molecule has 6 nitrogen and oxygen atoms in total. The Morgan fingerprint density at radius 1 is 1.25 bits per heavy atom. The number of aromatic nitrogens is 4. The van der Waals surface area contributed by atoms with E-state index in [1.54, 1.807) is 25.6 Å². The summed E-state index contributed by atoms with van der Waals surface area (Å²) >= 11 is 9.50. The van der Waals surface area contributed by atoms with Gasteiger partial charge in [0.1, 0.15) is 17.1 Å². The quantitative estimate of drug-likeness (QED) is 0.503. The molecule has 120 valence electrons. The molecule has 0 radical (unpaired) electrons. The fraction of sp³-hybridized carbons (Fsp3) is 0.0625. The number of fused-ring (bicyclic) bond motifs is 1. The lowest BCUT2D eigenvalue weighted by Crippen LogP contribution is -1.89. The van der Waals surface area contributed by atoms with Crippen molar-refractivity contribution in [3.05, 3.63) is 52.2 Å². The number of benzene rings is 1. The van der Waals surface area contributed by atoms with E-state index in [1.165, 1.54) is 0 Å². The van der Waals surface area contributed by atoms with E-state index in [-0.39, 0.29) is 0 Å². The van der Waals surface area contributed by atoms with Crippen molar-refractivity contribution in [2.24, 2.45) is 0 Å². The monoisotopic (exact) mass is 404 g/mol. The van der Waals surface area contributed by atoms with Gasteiger partial charge in [0.2, 0.25) is 5.82 Å². The maximum Gasteiger partial charge on any atom is 0.276 e. The van der Waals surface area contributed by atoms with Crippen molar-refractivity contribution in [1.82, 2.24) is 19.5 Å². The summed E-state index contributed by atoms with van der Waals surface area (Å²) in [6, 6.07) is 9.18. The van der Waals surface area contributed by atoms with E-state index in [9.17, 15) is 0 Å². The average molecular weight is 406 g/mol. The van der Waals surface area contributed by atoms with Crippen molar-refractivity contribution >= 4 is 33.2 Å². The molecule has 0 aliphatic heterocycles. The summed E-state index contributed by atoms with van der Waals surface area (Å²) < 4.78 is 13.2. The summed E-state index contributed by atoms with van der Waals surface area (Å²) in [5, 5.41) is 4.64. The number of hydrogen-bond acceptors (Lipinski definition) is 5. The van der Waals surface area contributed by atoms with Gasteiger partial charge in [0.15, 0.2) is 0 Å². The van der Waals surface area contributed by atoms with E-state index in [4.69, 9.17) is 20.9 Å². The molecule has 0 fully saturated rings. The van der Waals surface area contributed by atoms with Gasteiger partial charge in [0.25, 0.3) is 5.89 Å². The van der Waals surface area contributed by atoms with Gasteiger partial charge in [0.05, 0.1) is 22.8 Å². The van der Waals surface area contributed by atoms with Crippen LogP contribution in [0.2, 0.25) is 5.02 Å². The largest absolute Gasteiger partial charge is 0.496 e. The molecular formula is C16H10BrClN4O2. The lowest BCUT2D eigenvalue weighted by atomic mass is 10.2. The average Bonchev–Trinajstić information content (AvgIpc) is 3.20. The highest BCUT2D eigenvalue weighted by Gasteiger charge is 2.15. The van der Waals surface area contributed by atoms with Crippen LogP contribution >= 0.6 is 27.5 Å². The molecule has 4 rings (SSSR count). The van der Waals surface area contributed by atoms with E-state index in [0.717, 1.165) is 21.4 Å². The second-order valence-corrected chi connectivity index (χ2v) is 6.28. The fourth-order valence-electron chi connectivity index (χ4n) is 2.36. The molecule has 0 aliphatic rings. The molecule has 0 spiro atoms. The Balaban J connectivity index is 1.76. The molecule has 0 unspecified atom stereocenters. The van der Waals surface area contributed by atoms with Crippen LogP contribution in [0.4, 0.5) is 0 Å². The second kappa shape index (κ2) is 5.92. The molecule has 0 atom stereocenters. The van der Waals surface area contributed by atoms with Crippen LogP contribution in [0.15, 0.2) is 51.7 Å². The van der Waals surface area contributed by atoms with E-state index in [0.29, 0.717) is 22.4 Å². The molecule has 1 aromatic carbocycles. The topological polar surface area (TPSA) is 65.5 Å². The first-order valence-corrected chi connectivity index (χ1v) is 8.13. The number of ether oxygens (including phenoxy) is 1. The summed E-state index contributed by atoms with van der Waals surface area (Å²) in [6.07, 6.45) is 3.43. The zero-order chi connectivity index (χ0) is 16.7. The van der Waals surface area contributed by atoms with Crippen molar-refractivity contribution < 1.29 is 9.26 Å². The Kier molecular flexibility index (Phi) is 3.74. The minimum absolute atomic E-state index is 0.367. The molecule has 24 heavy (non-hydrogen) atoms. The van der Waals surface area contributed by atoms with Crippen molar-refractivity contribution in [1.29, 1.82) is 0 Å². The van der Waals surface area contributed by atoms with E-state index in [2.05, 4.69) is 31.1 Å². The van der Waals surface area contributed by atoms with Crippen LogP contribution in [0, 0.1) is 0 Å². The number of imidazole rings is 1. The number of hydrogen-bond donors (Lipinski definition) is 0. The van der Waals surface area contributed by atoms with Gasteiger partial charge in [-0.05, 0) is 46.3 Å². The number of halogens is 2. The van der Waals surface area contributed by atoms with Crippen molar-refractivity contribution in [3.63, 3.8) is 0 Å². The van der Waals surface area contributed by atoms with Crippen molar-refractivity contribution in [2.45, 2.75) is 0 Å². The van der Waals surface area contributed by atoms with E-state index in [1.807, 2.05) is 28.7 Å². The van der Waals surface area contributed by atoms with Gasteiger partial charge in [-0.1, -0.05) is 16.8 Å². The molecular weight excluding hydrogens is 396 g/mol. The standard InChI is InChI=1S/C16H10BrClN4O2/c1-23-13-4-2-9(6-11(13)17)15-20-16(24-21-15)12-7-19-14-5-3-10(18)8-22(12)14/h2-8H,1H3. The number of rotatable bonds is 3. The van der Waals surface area contributed by atoms with Crippen LogP contribution in [0.3, 0.4) is 0 Å². The van der Waals surface area contributed by atoms with Crippen molar-refractivity contribution in [2.75, 3.05) is 7.11 Å². The maximum absolute atomic E-state index is 6.05. The Labute approximate surface area is 150 Å². The maximum atomic E-state index is 6.05. The van der Waals surface area contributed by atoms with Crippen LogP contribution in [0.25, 0.3) is 28.6 Å². The summed E-state index contributed by atoms with van der Waals surface area (Å²) in [5.41, 5.74) is 2.24. The number of methoxy groups -OCH3 is 1. The van der Waals surface area contributed by atoms with Crippen LogP contribution in [-0.4, -0.2) is 26.6 Å². The van der Waals surface area contributed by atoms with Gasteiger partial charge < -0.3 is 9.26 Å². The molecule has 0 saturated heterocycles. The molecule has 0 N–H and O–H groups in total. The highest BCUT2D eigenvalue weighted by Crippen LogP contribution is 2.30. The molecule has 3 aromatic heterocycles. The lowest BCUT2D eigenvalue weighted by Gasteiger charge is -2.03. The molecule has 0 saturated carbocycles. The van der Waals surface area contributed by atoms with Gasteiger partial charge in [-0.3, -0.25) is 4.40 Å². The summed E-state index contributed by atoms with van der Waals surface area (Å²) in [6.45, 7) is 0. The molecule has 3 heterocycles. The Morgan fingerprint density at radius 2 is 2.12 bits per heavy atom. The Hall–Kier alpha value is -2.38. The summed E-state index contributed by atoms with van der Waals surface area (Å²) in [5.74, 6) is 1.58. The predicted molar refractivity (Wildman–Crippen MR) is 93.2 cm³/mol. The van der Waals surface area contributed by atoms with Crippen LogP contribution in [0.5, 0.6) is 5.75 Å². The third-order valence-electron chi connectivity index (χ3n) is 3.52. The second-order valence-electron chi connectivity index (χ2n) is 4.99. The SMILES string of the molecule is COc1ccc(-c2noc(-c3cnc4ccc(Cl)cn34)n2)cc1Br. The zero-order valence-corrected chi connectivity index (χ0v) is 14.7. The van der Waals surface area contributed by atoms with Gasteiger partial charge >= 0.3 is 0 Å². The minimum Gasteiger partial charge on any atom is -0.496 e. The van der Waals surface area contributed by atoms with E-state index < -0.39 is 0 Å².